The molecule has 1 N–H and O–H groups in total. The molecule has 3 atom stereocenters. The Kier molecular flexibility index (Phi) is 8.09. The monoisotopic (exact) mass is 502 g/mol. The number of ether oxygens (including phenoxy) is 1. The van der Waals surface area contributed by atoms with Gasteiger partial charge < -0.3 is 14.7 Å². The molecule has 3 aliphatic rings. The zero-order valence-electron chi connectivity index (χ0n) is 21.1. The largest absolute Gasteiger partial charge is 0.487 e. The summed E-state index contributed by atoms with van der Waals surface area (Å²) in [4.78, 5) is 15.0. The van der Waals surface area contributed by atoms with E-state index < -0.39 is 22.2 Å². The molecule has 7 nitrogen and oxygen atoms in total. The minimum Gasteiger partial charge on any atom is -0.487 e. The van der Waals surface area contributed by atoms with Gasteiger partial charge in [0.1, 0.15) is 16.7 Å². The van der Waals surface area contributed by atoms with E-state index in [1.54, 1.807) is 30.0 Å². The SMILES string of the molecule is C[C@@H]1CN([C@@H](C)CO)S(=O)(=O)c2ccc(C#CC3CC3)cc2O[C@@H]1CN(C)C(=O)C1CCCCC1. The normalized spacial score (nSPS) is 25.7. The van der Waals surface area contributed by atoms with Crippen molar-refractivity contribution >= 4 is 15.9 Å². The van der Waals surface area contributed by atoms with Gasteiger partial charge >= 0.3 is 0 Å². The van der Waals surface area contributed by atoms with E-state index in [0.29, 0.717) is 18.0 Å². The van der Waals surface area contributed by atoms with E-state index in [-0.39, 0.29) is 41.5 Å². The molecule has 2 saturated carbocycles. The summed E-state index contributed by atoms with van der Waals surface area (Å²) in [5, 5.41) is 9.81. The van der Waals surface area contributed by atoms with E-state index in [2.05, 4.69) is 11.8 Å². The second-order valence-corrected chi connectivity index (χ2v) is 12.4. The molecule has 1 aromatic carbocycles. The number of benzene rings is 1. The van der Waals surface area contributed by atoms with Gasteiger partial charge in [0.2, 0.25) is 15.9 Å². The van der Waals surface area contributed by atoms with Crippen molar-refractivity contribution in [1.29, 1.82) is 0 Å². The quantitative estimate of drug-likeness (QED) is 0.625. The summed E-state index contributed by atoms with van der Waals surface area (Å²) in [5.41, 5.74) is 0.714. The van der Waals surface area contributed by atoms with Gasteiger partial charge in [0.05, 0.1) is 13.2 Å². The first kappa shape index (κ1) is 26.0. The molecule has 0 spiro atoms. The number of amides is 1. The molecule has 35 heavy (non-hydrogen) atoms. The molecular weight excluding hydrogens is 464 g/mol. The van der Waals surface area contributed by atoms with Crippen LogP contribution in [0.25, 0.3) is 0 Å². The highest BCUT2D eigenvalue weighted by Gasteiger charge is 2.38. The molecule has 2 aliphatic carbocycles. The third kappa shape index (κ3) is 6.02. The fraction of sp³-hybridized carbons (Fsp3) is 0.667. The van der Waals surface area contributed by atoms with Crippen molar-refractivity contribution in [2.24, 2.45) is 17.8 Å². The maximum Gasteiger partial charge on any atom is 0.247 e. The van der Waals surface area contributed by atoms with Crippen LogP contribution in [0.3, 0.4) is 0 Å². The van der Waals surface area contributed by atoms with E-state index in [9.17, 15) is 18.3 Å². The Bertz CT molecular complexity index is 1080. The Morgan fingerprint density at radius 3 is 2.60 bits per heavy atom. The van der Waals surface area contributed by atoms with E-state index >= 15 is 0 Å². The lowest BCUT2D eigenvalue weighted by Crippen LogP contribution is -2.50. The third-order valence-corrected chi connectivity index (χ3v) is 9.47. The van der Waals surface area contributed by atoms with Crippen molar-refractivity contribution in [3.05, 3.63) is 23.8 Å². The molecule has 0 aromatic heterocycles. The maximum atomic E-state index is 13.6. The fourth-order valence-corrected chi connectivity index (χ4v) is 6.78. The van der Waals surface area contributed by atoms with Crippen molar-refractivity contribution in [2.45, 2.75) is 75.8 Å². The summed E-state index contributed by atoms with van der Waals surface area (Å²) in [6, 6.07) is 4.40. The van der Waals surface area contributed by atoms with Gasteiger partial charge in [0.15, 0.2) is 0 Å². The molecular formula is C27H38N2O5S. The number of nitrogens with zero attached hydrogens (tertiary/aromatic N) is 2. The number of fused-ring (bicyclic) bond motifs is 1. The molecule has 1 heterocycles. The minimum absolute atomic E-state index is 0.0560. The highest BCUT2D eigenvalue weighted by Crippen LogP contribution is 2.35. The highest BCUT2D eigenvalue weighted by molar-refractivity contribution is 7.89. The predicted octanol–water partition coefficient (Wildman–Crippen LogP) is 3.26. The van der Waals surface area contributed by atoms with Crippen LogP contribution < -0.4 is 4.74 Å². The molecule has 0 unspecified atom stereocenters. The summed E-state index contributed by atoms with van der Waals surface area (Å²) in [5.74, 6) is 7.05. The highest BCUT2D eigenvalue weighted by atomic mass is 32.2. The van der Waals surface area contributed by atoms with Crippen molar-refractivity contribution in [3.63, 3.8) is 0 Å². The number of rotatable bonds is 5. The molecule has 2 fully saturated rings. The van der Waals surface area contributed by atoms with Gasteiger partial charge in [-0.25, -0.2) is 8.42 Å². The second kappa shape index (κ2) is 10.9. The average molecular weight is 503 g/mol. The van der Waals surface area contributed by atoms with Gasteiger partial charge in [0.25, 0.3) is 0 Å². The van der Waals surface area contributed by atoms with Crippen LogP contribution in [0.4, 0.5) is 0 Å². The third-order valence-electron chi connectivity index (χ3n) is 7.45. The summed E-state index contributed by atoms with van der Waals surface area (Å²) < 4.78 is 34.9. The lowest BCUT2D eigenvalue weighted by Gasteiger charge is -2.38. The number of hydrogen-bond donors (Lipinski definition) is 1. The van der Waals surface area contributed by atoms with Crippen molar-refractivity contribution in [2.75, 3.05) is 26.7 Å². The number of likely N-dealkylation sites (N-methyl/N-ethyl adjacent to an activating group) is 1. The maximum absolute atomic E-state index is 13.6. The first-order chi connectivity index (χ1) is 16.7. The van der Waals surface area contributed by atoms with Crippen molar-refractivity contribution in [1.82, 2.24) is 9.21 Å². The van der Waals surface area contributed by atoms with Gasteiger partial charge in [0, 0.05) is 43.0 Å². The van der Waals surface area contributed by atoms with Crippen LogP contribution in [0.1, 0.15) is 64.4 Å². The topological polar surface area (TPSA) is 87.2 Å². The smallest absolute Gasteiger partial charge is 0.247 e. The first-order valence-corrected chi connectivity index (χ1v) is 14.3. The summed E-state index contributed by atoms with van der Waals surface area (Å²) in [6.07, 6.45) is 7.03. The lowest BCUT2D eigenvalue weighted by atomic mass is 9.88. The number of aliphatic hydroxyl groups is 1. The van der Waals surface area contributed by atoms with Gasteiger partial charge in [-0.1, -0.05) is 38.0 Å². The lowest BCUT2D eigenvalue weighted by molar-refractivity contribution is -0.136. The van der Waals surface area contributed by atoms with Crippen LogP contribution in [0.5, 0.6) is 5.75 Å². The zero-order valence-corrected chi connectivity index (χ0v) is 21.9. The van der Waals surface area contributed by atoms with Crippen LogP contribution in [0, 0.1) is 29.6 Å². The number of hydrogen-bond acceptors (Lipinski definition) is 5. The van der Waals surface area contributed by atoms with Gasteiger partial charge in [-0.15, -0.1) is 0 Å². The van der Waals surface area contributed by atoms with Crippen LogP contribution >= 0.6 is 0 Å². The Morgan fingerprint density at radius 1 is 1.23 bits per heavy atom. The first-order valence-electron chi connectivity index (χ1n) is 12.9. The van der Waals surface area contributed by atoms with Crippen LogP contribution in [-0.2, 0) is 14.8 Å². The number of carbonyl (C=O) groups excluding carboxylic acids is 1. The van der Waals surface area contributed by atoms with Crippen molar-refractivity contribution in [3.8, 4) is 17.6 Å². The molecule has 1 amide bonds. The molecule has 192 valence electrons. The molecule has 0 saturated heterocycles. The zero-order chi connectivity index (χ0) is 25.2. The number of sulfonamides is 1. The standard InChI is InChI=1S/C27H38N2O5S/c1-19-16-29(20(2)18-30)35(32,33)26-14-13-22(12-11-21-9-10-21)15-24(26)34-25(19)17-28(3)27(31)23-7-5-4-6-8-23/h13-15,19-21,23,25,30H,4-10,16-18H2,1-3H3/t19-,20+,25-/m1/s1. The Hall–Kier alpha value is -2.08. The summed E-state index contributed by atoms with van der Waals surface area (Å²) >= 11 is 0. The Balaban J connectivity index is 1.65. The van der Waals surface area contributed by atoms with Crippen LogP contribution in [0.15, 0.2) is 23.1 Å². The predicted molar refractivity (Wildman–Crippen MR) is 134 cm³/mol. The average Bonchev–Trinajstić information content (AvgIpc) is 3.69. The fourth-order valence-electron chi connectivity index (χ4n) is 4.96. The summed E-state index contributed by atoms with van der Waals surface area (Å²) in [7, 11) is -2.07. The Morgan fingerprint density at radius 2 is 1.94 bits per heavy atom. The molecule has 8 heteroatoms. The van der Waals surface area contributed by atoms with E-state index in [4.69, 9.17) is 4.74 Å². The van der Waals surface area contributed by atoms with Crippen LogP contribution in [0.2, 0.25) is 0 Å². The van der Waals surface area contributed by atoms with Gasteiger partial charge in [-0.05, 0) is 50.8 Å². The molecule has 0 bridgehead atoms. The van der Waals surface area contributed by atoms with Gasteiger partial charge in [-0.2, -0.15) is 4.31 Å². The number of aliphatic hydroxyl groups excluding tert-OH is 1. The van der Waals surface area contributed by atoms with Gasteiger partial charge in [-0.3, -0.25) is 4.79 Å². The summed E-state index contributed by atoms with van der Waals surface area (Å²) in [6.45, 7) is 3.93. The van der Waals surface area contributed by atoms with Crippen molar-refractivity contribution < 1.29 is 23.1 Å². The molecule has 4 rings (SSSR count). The molecule has 1 aromatic rings. The Labute approximate surface area is 209 Å². The van der Waals surface area contributed by atoms with E-state index in [1.165, 1.54) is 10.7 Å². The van der Waals surface area contributed by atoms with Crippen LogP contribution in [-0.4, -0.2) is 67.5 Å². The number of carbonyl (C=O) groups is 1. The minimum atomic E-state index is -3.89. The molecule has 0 radical (unpaired) electrons. The second-order valence-electron chi connectivity index (χ2n) is 10.5. The van der Waals surface area contributed by atoms with E-state index in [1.807, 2.05) is 14.0 Å². The van der Waals surface area contributed by atoms with E-state index in [0.717, 1.165) is 38.5 Å². The molecule has 1 aliphatic heterocycles.